The molecule has 0 heterocycles. The molecule has 0 aliphatic rings. The van der Waals surface area contributed by atoms with Gasteiger partial charge in [-0.1, -0.05) is 0 Å². The van der Waals surface area contributed by atoms with E-state index in [-0.39, 0.29) is 22.9 Å². The van der Waals surface area contributed by atoms with E-state index in [9.17, 15) is 9.18 Å². The normalized spacial score (nSPS) is 10.1. The first kappa shape index (κ1) is 10.5. The van der Waals surface area contributed by atoms with Gasteiger partial charge in [-0.2, -0.15) is 0 Å². The number of nitrogen functional groups attached to an aromatic ring is 1. The molecule has 70 valence electrons. The molecule has 0 fully saturated rings. The van der Waals surface area contributed by atoms with E-state index in [1.165, 1.54) is 6.07 Å². The predicted molar refractivity (Wildman–Crippen MR) is 53.6 cm³/mol. The smallest absolute Gasteiger partial charge is 0.179 e. The number of hydrogen-bond acceptors (Lipinski definition) is 2. The van der Waals surface area contributed by atoms with Crippen molar-refractivity contribution >= 4 is 39.0 Å². The zero-order valence-electron chi connectivity index (χ0n) is 6.48. The van der Waals surface area contributed by atoms with Gasteiger partial charge >= 0.3 is 0 Å². The molecule has 2 nitrogen and oxygen atoms in total. The number of nitrogens with two attached hydrogens (primary N) is 1. The molecule has 0 radical (unpaired) electrons. The van der Waals surface area contributed by atoms with Crippen LogP contribution in [0.2, 0.25) is 0 Å². The van der Waals surface area contributed by atoms with Crippen molar-refractivity contribution < 1.29 is 9.18 Å². The maximum atomic E-state index is 12.8. The first-order chi connectivity index (χ1) is 6.06. The minimum absolute atomic E-state index is 0.113. The third kappa shape index (κ3) is 2.19. The number of halogens is 3. The van der Waals surface area contributed by atoms with Crippen molar-refractivity contribution in [2.45, 2.75) is 0 Å². The van der Waals surface area contributed by atoms with Crippen LogP contribution in [0, 0.1) is 5.82 Å². The van der Waals surface area contributed by atoms with Gasteiger partial charge in [-0.25, -0.2) is 4.39 Å². The molecular weight excluding hydrogens is 260 g/mol. The highest BCUT2D eigenvalue weighted by molar-refractivity contribution is 9.10. The lowest BCUT2D eigenvalue weighted by molar-refractivity contribution is 0.102. The van der Waals surface area contributed by atoms with Gasteiger partial charge in [0.05, 0.1) is 11.6 Å². The van der Waals surface area contributed by atoms with Crippen LogP contribution in [0.25, 0.3) is 0 Å². The van der Waals surface area contributed by atoms with E-state index in [1.807, 2.05) is 0 Å². The largest absolute Gasteiger partial charge is 0.397 e. The lowest BCUT2D eigenvalue weighted by atomic mass is 10.1. The second kappa shape index (κ2) is 4.07. The second-order valence-corrected chi connectivity index (χ2v) is 3.53. The Morgan fingerprint density at radius 1 is 1.62 bits per heavy atom. The Bertz CT molecular complexity index is 356. The molecule has 1 rings (SSSR count). The second-order valence-electron chi connectivity index (χ2n) is 2.41. The van der Waals surface area contributed by atoms with E-state index in [4.69, 9.17) is 17.3 Å². The molecule has 5 heteroatoms. The number of rotatable bonds is 2. The SMILES string of the molecule is Nc1c(Br)cc(F)cc1C(=O)CCl. The minimum atomic E-state index is -0.519. The number of Topliss-reactive ketones (excluding diaryl/α,β-unsaturated/α-hetero) is 1. The highest BCUT2D eigenvalue weighted by Crippen LogP contribution is 2.25. The van der Waals surface area contributed by atoms with Crippen molar-refractivity contribution in [3.05, 3.63) is 28.0 Å². The molecule has 1 aromatic carbocycles. The number of alkyl halides is 1. The molecule has 0 aromatic heterocycles. The van der Waals surface area contributed by atoms with Crippen molar-refractivity contribution in [1.82, 2.24) is 0 Å². The van der Waals surface area contributed by atoms with Crippen LogP contribution in [-0.4, -0.2) is 11.7 Å². The zero-order chi connectivity index (χ0) is 10.0. The van der Waals surface area contributed by atoms with Crippen molar-refractivity contribution in [1.29, 1.82) is 0 Å². The van der Waals surface area contributed by atoms with Crippen LogP contribution >= 0.6 is 27.5 Å². The maximum absolute atomic E-state index is 12.8. The Morgan fingerprint density at radius 2 is 2.23 bits per heavy atom. The lowest BCUT2D eigenvalue weighted by Gasteiger charge is -2.04. The Hall–Kier alpha value is -0.610. The van der Waals surface area contributed by atoms with Crippen LogP contribution in [0.1, 0.15) is 10.4 Å². The zero-order valence-corrected chi connectivity index (χ0v) is 8.82. The van der Waals surface area contributed by atoms with Crippen LogP contribution in [-0.2, 0) is 0 Å². The summed E-state index contributed by atoms with van der Waals surface area (Å²) in [4.78, 5) is 11.1. The van der Waals surface area contributed by atoms with E-state index in [1.54, 1.807) is 0 Å². The van der Waals surface area contributed by atoms with Gasteiger partial charge in [0.2, 0.25) is 0 Å². The molecule has 0 atom stereocenters. The summed E-state index contributed by atoms with van der Waals surface area (Å²) in [6, 6.07) is 2.27. The van der Waals surface area contributed by atoms with E-state index in [0.717, 1.165) is 6.07 Å². The summed E-state index contributed by atoms with van der Waals surface area (Å²) >= 11 is 8.35. The molecule has 0 saturated heterocycles. The Morgan fingerprint density at radius 3 is 2.77 bits per heavy atom. The summed E-state index contributed by atoms with van der Waals surface area (Å²) in [5.74, 6) is -1.12. The van der Waals surface area contributed by atoms with Gasteiger partial charge in [0, 0.05) is 10.0 Å². The maximum Gasteiger partial charge on any atom is 0.179 e. The number of ketones is 1. The molecule has 13 heavy (non-hydrogen) atoms. The highest BCUT2D eigenvalue weighted by atomic mass is 79.9. The standard InChI is InChI=1S/C8H6BrClFNO/c9-6-2-4(11)1-5(8(6)12)7(13)3-10/h1-2H,3,12H2. The molecular formula is C8H6BrClFNO. The summed E-state index contributed by atoms with van der Waals surface area (Å²) in [6.07, 6.45) is 0. The first-order valence-electron chi connectivity index (χ1n) is 3.40. The third-order valence-corrected chi connectivity index (χ3v) is 2.41. The fraction of sp³-hybridized carbons (Fsp3) is 0.125. The van der Waals surface area contributed by atoms with Crippen LogP contribution in [0.15, 0.2) is 16.6 Å². The number of anilines is 1. The van der Waals surface area contributed by atoms with E-state index >= 15 is 0 Å². The van der Waals surface area contributed by atoms with Crippen LogP contribution < -0.4 is 5.73 Å². The van der Waals surface area contributed by atoms with Crippen LogP contribution in [0.5, 0.6) is 0 Å². The number of carbonyl (C=O) groups excluding carboxylic acids is 1. The average Bonchev–Trinajstić information content (AvgIpc) is 2.10. The predicted octanol–water partition coefficient (Wildman–Crippen LogP) is 2.59. The molecule has 0 unspecified atom stereocenters. The summed E-state index contributed by atoms with van der Waals surface area (Å²) in [5, 5.41) is 0. The molecule has 0 amide bonds. The van der Waals surface area contributed by atoms with Crippen molar-refractivity contribution in [2.24, 2.45) is 0 Å². The lowest BCUT2D eigenvalue weighted by Crippen LogP contribution is -2.06. The molecule has 1 aromatic rings. The van der Waals surface area contributed by atoms with E-state index in [0.29, 0.717) is 4.47 Å². The van der Waals surface area contributed by atoms with Gasteiger partial charge in [0.25, 0.3) is 0 Å². The molecule has 0 saturated carbocycles. The van der Waals surface area contributed by atoms with Crippen molar-refractivity contribution in [2.75, 3.05) is 11.6 Å². The topological polar surface area (TPSA) is 43.1 Å². The number of hydrogen-bond donors (Lipinski definition) is 1. The van der Waals surface area contributed by atoms with E-state index in [2.05, 4.69) is 15.9 Å². The molecule has 0 aliphatic heterocycles. The third-order valence-electron chi connectivity index (χ3n) is 1.52. The number of benzene rings is 1. The Kier molecular flexibility index (Phi) is 3.27. The van der Waals surface area contributed by atoms with Gasteiger partial charge < -0.3 is 5.73 Å². The highest BCUT2D eigenvalue weighted by Gasteiger charge is 2.12. The van der Waals surface area contributed by atoms with Crippen LogP contribution in [0.3, 0.4) is 0 Å². The molecule has 0 bridgehead atoms. The fourth-order valence-corrected chi connectivity index (χ4v) is 1.46. The van der Waals surface area contributed by atoms with E-state index < -0.39 is 5.82 Å². The summed E-state index contributed by atoms with van der Waals surface area (Å²) in [5.41, 5.74) is 5.86. The van der Waals surface area contributed by atoms with Crippen molar-refractivity contribution in [3.63, 3.8) is 0 Å². The van der Waals surface area contributed by atoms with Crippen LogP contribution in [0.4, 0.5) is 10.1 Å². The first-order valence-corrected chi connectivity index (χ1v) is 4.72. The average molecular weight is 266 g/mol. The fourth-order valence-electron chi connectivity index (χ4n) is 0.887. The molecule has 0 spiro atoms. The van der Waals surface area contributed by atoms with Gasteiger partial charge in [-0.15, -0.1) is 11.6 Å². The molecule has 2 N–H and O–H groups in total. The summed E-state index contributed by atoms with van der Waals surface area (Å²) in [6.45, 7) is 0. The monoisotopic (exact) mass is 265 g/mol. The Balaban J connectivity index is 3.28. The summed E-state index contributed by atoms with van der Waals surface area (Å²) < 4.78 is 13.2. The van der Waals surface area contributed by atoms with Gasteiger partial charge in [-0.3, -0.25) is 4.79 Å². The quantitative estimate of drug-likeness (QED) is 0.508. The van der Waals surface area contributed by atoms with Gasteiger partial charge in [-0.05, 0) is 28.1 Å². The summed E-state index contributed by atoms with van der Waals surface area (Å²) in [7, 11) is 0. The van der Waals surface area contributed by atoms with Gasteiger partial charge in [0.1, 0.15) is 5.82 Å². The Labute approximate surface area is 88.0 Å². The van der Waals surface area contributed by atoms with Gasteiger partial charge in [0.15, 0.2) is 5.78 Å². The molecule has 0 aliphatic carbocycles. The minimum Gasteiger partial charge on any atom is -0.397 e. The van der Waals surface area contributed by atoms with Crippen molar-refractivity contribution in [3.8, 4) is 0 Å². The number of carbonyl (C=O) groups is 1.